The molecule has 0 fully saturated rings. The van der Waals surface area contributed by atoms with Crippen molar-refractivity contribution in [2.45, 2.75) is 63.5 Å². The van der Waals surface area contributed by atoms with E-state index < -0.39 is 0 Å². The highest BCUT2D eigenvalue weighted by molar-refractivity contribution is 8.00. The number of hydrogen-bond acceptors (Lipinski definition) is 4. The minimum atomic E-state index is -0.301. The largest absolute Gasteiger partial charge is 0.351 e. The second-order valence-corrected chi connectivity index (χ2v) is 6.77. The first-order chi connectivity index (χ1) is 8.74. The van der Waals surface area contributed by atoms with Crippen LogP contribution in [-0.2, 0) is 11.3 Å². The van der Waals surface area contributed by atoms with Crippen LogP contribution in [0.25, 0.3) is 0 Å². The van der Waals surface area contributed by atoms with E-state index in [1.165, 1.54) is 11.8 Å². The molecule has 0 bridgehead atoms. The Balaban J connectivity index is 2.74. The zero-order chi connectivity index (χ0) is 14.6. The predicted octanol–water partition coefficient (Wildman–Crippen LogP) is 1.38. The Kier molecular flexibility index (Phi) is 5.22. The molecule has 0 saturated carbocycles. The molecule has 1 rings (SSSR count). The van der Waals surface area contributed by atoms with Gasteiger partial charge in [0, 0.05) is 12.1 Å². The van der Waals surface area contributed by atoms with Gasteiger partial charge in [-0.15, -0.1) is 5.10 Å². The summed E-state index contributed by atoms with van der Waals surface area (Å²) in [4.78, 5) is 23.5. The van der Waals surface area contributed by atoms with Crippen LogP contribution in [0.2, 0.25) is 0 Å². The zero-order valence-electron chi connectivity index (χ0n) is 12.1. The van der Waals surface area contributed by atoms with Crippen molar-refractivity contribution in [3.63, 3.8) is 0 Å². The van der Waals surface area contributed by atoms with Gasteiger partial charge in [-0.1, -0.05) is 18.7 Å². The van der Waals surface area contributed by atoms with Crippen LogP contribution in [0.3, 0.4) is 0 Å². The lowest BCUT2D eigenvalue weighted by Gasteiger charge is -2.22. The third-order valence-electron chi connectivity index (χ3n) is 2.32. The molecule has 1 aromatic rings. The number of carbonyl (C=O) groups excluding carboxylic acids is 1. The number of rotatable bonds is 5. The molecule has 1 amide bonds. The monoisotopic (exact) mass is 286 g/mol. The highest BCUT2D eigenvalue weighted by Gasteiger charge is 2.22. The zero-order valence-corrected chi connectivity index (χ0v) is 12.9. The van der Waals surface area contributed by atoms with Gasteiger partial charge in [-0.05, 0) is 34.1 Å². The maximum Gasteiger partial charge on any atom is 0.343 e. The van der Waals surface area contributed by atoms with Crippen molar-refractivity contribution in [1.29, 1.82) is 0 Å². The second kappa shape index (κ2) is 6.27. The maximum atomic E-state index is 12.0. The minimum Gasteiger partial charge on any atom is -0.351 e. The molecule has 108 valence electrons. The molecule has 7 heteroatoms. The third kappa shape index (κ3) is 4.74. The van der Waals surface area contributed by atoms with E-state index in [9.17, 15) is 9.59 Å². The molecule has 1 heterocycles. The normalized spacial score (nSPS) is 13.3. The van der Waals surface area contributed by atoms with Crippen molar-refractivity contribution in [2.24, 2.45) is 0 Å². The number of carbonyl (C=O) groups is 1. The van der Waals surface area contributed by atoms with Crippen LogP contribution in [0.15, 0.2) is 9.95 Å². The number of aromatic nitrogens is 3. The Labute approximate surface area is 117 Å². The van der Waals surface area contributed by atoms with Gasteiger partial charge in [0.05, 0.1) is 5.25 Å². The van der Waals surface area contributed by atoms with Gasteiger partial charge in [0.15, 0.2) is 5.16 Å². The minimum absolute atomic E-state index is 0.0593. The summed E-state index contributed by atoms with van der Waals surface area (Å²) in [5.41, 5.74) is -0.492. The van der Waals surface area contributed by atoms with Gasteiger partial charge >= 0.3 is 5.69 Å². The average Bonchev–Trinajstić information content (AvgIpc) is 2.59. The van der Waals surface area contributed by atoms with Crippen LogP contribution in [0, 0.1) is 0 Å². The lowest BCUT2D eigenvalue weighted by atomic mass is 10.1. The highest BCUT2D eigenvalue weighted by atomic mass is 32.2. The SMILES string of the molecule is CCCn1c(S[C@@H](C)C(=O)NC(C)(C)C)n[nH]c1=O. The van der Waals surface area contributed by atoms with Crippen molar-refractivity contribution in [3.8, 4) is 0 Å². The standard InChI is InChI=1S/C12H22N4O2S/c1-6-7-16-10(18)14-15-11(16)19-8(2)9(17)13-12(3,4)5/h8H,6-7H2,1-5H3,(H,13,17)(H,14,18)/t8-/m0/s1. The van der Waals surface area contributed by atoms with Gasteiger partial charge < -0.3 is 5.32 Å². The summed E-state index contributed by atoms with van der Waals surface area (Å²) in [5, 5.41) is 9.55. The number of H-pyrrole nitrogens is 1. The summed E-state index contributed by atoms with van der Waals surface area (Å²) in [6.45, 7) is 10.2. The van der Waals surface area contributed by atoms with E-state index in [0.29, 0.717) is 11.7 Å². The Morgan fingerprint density at radius 1 is 1.53 bits per heavy atom. The molecular formula is C12H22N4O2S. The van der Waals surface area contributed by atoms with Crippen molar-refractivity contribution in [2.75, 3.05) is 0 Å². The fourth-order valence-electron chi connectivity index (χ4n) is 1.50. The molecule has 0 aliphatic carbocycles. The van der Waals surface area contributed by atoms with E-state index >= 15 is 0 Å². The maximum absolute atomic E-state index is 12.0. The molecule has 1 aromatic heterocycles. The van der Waals surface area contributed by atoms with E-state index in [1.807, 2.05) is 27.7 Å². The van der Waals surface area contributed by atoms with Crippen molar-refractivity contribution in [1.82, 2.24) is 20.1 Å². The number of nitrogens with zero attached hydrogens (tertiary/aromatic N) is 2. The summed E-state index contributed by atoms with van der Waals surface area (Å²) < 4.78 is 1.56. The summed E-state index contributed by atoms with van der Waals surface area (Å²) in [6.07, 6.45) is 0.843. The van der Waals surface area contributed by atoms with Crippen LogP contribution < -0.4 is 11.0 Å². The Morgan fingerprint density at radius 2 is 2.16 bits per heavy atom. The Morgan fingerprint density at radius 3 is 2.68 bits per heavy atom. The van der Waals surface area contributed by atoms with Crippen LogP contribution in [0.4, 0.5) is 0 Å². The molecule has 0 saturated heterocycles. The molecule has 2 N–H and O–H groups in total. The first-order valence-electron chi connectivity index (χ1n) is 6.38. The van der Waals surface area contributed by atoms with Crippen LogP contribution in [0.1, 0.15) is 41.0 Å². The van der Waals surface area contributed by atoms with E-state index in [4.69, 9.17) is 0 Å². The first-order valence-corrected chi connectivity index (χ1v) is 7.26. The lowest BCUT2D eigenvalue weighted by molar-refractivity contribution is -0.121. The number of thioether (sulfide) groups is 1. The molecule has 0 unspecified atom stereocenters. The summed E-state index contributed by atoms with van der Waals surface area (Å²) >= 11 is 1.29. The number of hydrogen-bond donors (Lipinski definition) is 2. The van der Waals surface area contributed by atoms with E-state index in [1.54, 1.807) is 11.5 Å². The summed E-state index contributed by atoms with van der Waals surface area (Å²) in [5.74, 6) is -0.0593. The van der Waals surface area contributed by atoms with Gasteiger partial charge in [-0.3, -0.25) is 9.36 Å². The lowest BCUT2D eigenvalue weighted by Crippen LogP contribution is -2.44. The van der Waals surface area contributed by atoms with Crippen molar-refractivity contribution in [3.05, 3.63) is 10.5 Å². The number of amides is 1. The molecule has 19 heavy (non-hydrogen) atoms. The highest BCUT2D eigenvalue weighted by Crippen LogP contribution is 2.20. The fourth-order valence-corrected chi connectivity index (χ4v) is 2.38. The van der Waals surface area contributed by atoms with Crippen LogP contribution in [0.5, 0.6) is 0 Å². The molecule has 0 aliphatic heterocycles. The molecule has 0 aliphatic rings. The number of aromatic amines is 1. The number of nitrogens with one attached hydrogen (secondary N) is 2. The van der Waals surface area contributed by atoms with Gasteiger partial charge in [-0.2, -0.15) is 0 Å². The molecule has 0 spiro atoms. The summed E-state index contributed by atoms with van der Waals surface area (Å²) in [6, 6.07) is 0. The molecule has 1 atom stereocenters. The van der Waals surface area contributed by atoms with Crippen LogP contribution >= 0.6 is 11.8 Å². The molecule has 0 aromatic carbocycles. The van der Waals surface area contributed by atoms with Gasteiger partial charge in [0.25, 0.3) is 0 Å². The fraction of sp³-hybridized carbons (Fsp3) is 0.750. The van der Waals surface area contributed by atoms with Gasteiger partial charge in [-0.25, -0.2) is 9.89 Å². The summed E-state index contributed by atoms with van der Waals surface area (Å²) in [7, 11) is 0. The first kappa shape index (κ1) is 15.8. The topological polar surface area (TPSA) is 79.8 Å². The molecule has 6 nitrogen and oxygen atoms in total. The van der Waals surface area contributed by atoms with Gasteiger partial charge in [0.2, 0.25) is 5.91 Å². The second-order valence-electron chi connectivity index (χ2n) is 5.46. The van der Waals surface area contributed by atoms with Gasteiger partial charge in [0.1, 0.15) is 0 Å². The van der Waals surface area contributed by atoms with E-state index in [2.05, 4.69) is 15.5 Å². The Bertz CT molecular complexity index is 487. The van der Waals surface area contributed by atoms with E-state index in [0.717, 1.165) is 6.42 Å². The molecular weight excluding hydrogens is 264 g/mol. The van der Waals surface area contributed by atoms with Crippen molar-refractivity contribution < 1.29 is 4.79 Å². The van der Waals surface area contributed by atoms with E-state index in [-0.39, 0.29) is 22.4 Å². The predicted molar refractivity (Wildman–Crippen MR) is 76.4 cm³/mol. The van der Waals surface area contributed by atoms with Crippen LogP contribution in [-0.4, -0.2) is 31.5 Å². The molecule has 0 radical (unpaired) electrons. The third-order valence-corrected chi connectivity index (χ3v) is 3.41. The average molecular weight is 286 g/mol. The smallest absolute Gasteiger partial charge is 0.343 e. The quantitative estimate of drug-likeness (QED) is 0.801. The van der Waals surface area contributed by atoms with Crippen molar-refractivity contribution >= 4 is 17.7 Å². The Hall–Kier alpha value is -1.24.